The zero-order valence-corrected chi connectivity index (χ0v) is 17.0. The van der Waals surface area contributed by atoms with Gasteiger partial charge in [0.05, 0.1) is 6.33 Å². The molecule has 3 aromatic carbocycles. The number of hydrogen-bond donors (Lipinski definition) is 0. The fourth-order valence-electron chi connectivity index (χ4n) is 4.06. The Morgan fingerprint density at radius 1 is 0.828 bits per heavy atom. The molecular formula is C27H28N2. The van der Waals surface area contributed by atoms with Crippen molar-refractivity contribution in [2.75, 3.05) is 0 Å². The summed E-state index contributed by atoms with van der Waals surface area (Å²) in [6, 6.07) is 30.5. The summed E-state index contributed by atoms with van der Waals surface area (Å²) >= 11 is 0. The molecule has 1 heterocycles. The third-order valence-corrected chi connectivity index (χ3v) is 5.57. The number of nitrogens with zero attached hydrogens (tertiary/aromatic N) is 2. The Labute approximate surface area is 173 Å². The number of aryl methyl sites for hydroxylation is 2. The van der Waals surface area contributed by atoms with E-state index in [9.17, 15) is 0 Å². The lowest BCUT2D eigenvalue weighted by Gasteiger charge is -2.19. The molecule has 0 aliphatic rings. The lowest BCUT2D eigenvalue weighted by Crippen LogP contribution is -2.06. The zero-order chi connectivity index (χ0) is 19.9. The maximum atomic E-state index is 4.41. The first-order valence-electron chi connectivity index (χ1n) is 10.4. The van der Waals surface area contributed by atoms with E-state index in [-0.39, 0.29) is 0 Å². The Bertz CT molecular complexity index is 1020. The summed E-state index contributed by atoms with van der Waals surface area (Å²) in [5.41, 5.74) is 6.76. The molecule has 4 rings (SSSR count). The summed E-state index contributed by atoms with van der Waals surface area (Å²) in [6.45, 7) is 3.06. The van der Waals surface area contributed by atoms with E-state index >= 15 is 0 Å². The largest absolute Gasteiger partial charge is 0.330 e. The van der Waals surface area contributed by atoms with Gasteiger partial charge in [0, 0.05) is 24.4 Å². The van der Waals surface area contributed by atoms with Crippen LogP contribution >= 0.6 is 0 Å². The smallest absolute Gasteiger partial charge is 0.0951 e. The minimum Gasteiger partial charge on any atom is -0.330 e. The van der Waals surface area contributed by atoms with Crippen LogP contribution < -0.4 is 0 Å². The Balaban J connectivity index is 1.46. The van der Waals surface area contributed by atoms with Crippen LogP contribution in [0.5, 0.6) is 0 Å². The van der Waals surface area contributed by atoms with Gasteiger partial charge in [-0.3, -0.25) is 0 Å². The maximum Gasteiger partial charge on any atom is 0.0951 e. The predicted octanol–water partition coefficient (Wildman–Crippen LogP) is 6.39. The standard InChI is InChI=1S/C27H28N2/c1-22-10-8-15-25(18-22)27(24-13-6-3-7-14-24)17-9-16-26-19-28-21-29(26)20-23-11-4-2-5-12-23/h2-8,10-15,18-19,21,27H,9,16-17,20H2,1H3. The normalized spacial score (nSPS) is 12.0. The molecule has 4 aromatic rings. The summed E-state index contributed by atoms with van der Waals surface area (Å²) in [4.78, 5) is 4.41. The molecule has 1 unspecified atom stereocenters. The molecule has 1 aromatic heterocycles. The second kappa shape index (κ2) is 9.38. The summed E-state index contributed by atoms with van der Waals surface area (Å²) in [5.74, 6) is 0.432. The Morgan fingerprint density at radius 2 is 1.55 bits per heavy atom. The van der Waals surface area contributed by atoms with E-state index < -0.39 is 0 Å². The van der Waals surface area contributed by atoms with Gasteiger partial charge in [0.1, 0.15) is 0 Å². The monoisotopic (exact) mass is 380 g/mol. The van der Waals surface area contributed by atoms with E-state index in [1.54, 1.807) is 0 Å². The van der Waals surface area contributed by atoms with Crippen LogP contribution in [0.1, 0.15) is 46.7 Å². The molecular weight excluding hydrogens is 352 g/mol. The Hall–Kier alpha value is -3.13. The van der Waals surface area contributed by atoms with Crippen molar-refractivity contribution in [3.05, 3.63) is 125 Å². The van der Waals surface area contributed by atoms with Crippen LogP contribution in [0.15, 0.2) is 97.5 Å². The van der Waals surface area contributed by atoms with Crippen molar-refractivity contribution in [1.29, 1.82) is 0 Å². The van der Waals surface area contributed by atoms with Crippen molar-refractivity contribution in [3.63, 3.8) is 0 Å². The van der Waals surface area contributed by atoms with Gasteiger partial charge in [-0.15, -0.1) is 0 Å². The van der Waals surface area contributed by atoms with Gasteiger partial charge in [0.15, 0.2) is 0 Å². The SMILES string of the molecule is Cc1cccc(C(CCCc2cncn2Cc2ccccc2)c2ccccc2)c1. The van der Waals surface area contributed by atoms with E-state index in [1.807, 2.05) is 12.5 Å². The van der Waals surface area contributed by atoms with Crippen molar-refractivity contribution in [2.45, 2.75) is 38.6 Å². The van der Waals surface area contributed by atoms with Gasteiger partial charge >= 0.3 is 0 Å². The number of aromatic nitrogens is 2. The highest BCUT2D eigenvalue weighted by atomic mass is 15.0. The minimum atomic E-state index is 0.432. The van der Waals surface area contributed by atoms with Crippen molar-refractivity contribution in [2.24, 2.45) is 0 Å². The van der Waals surface area contributed by atoms with Crippen molar-refractivity contribution < 1.29 is 0 Å². The predicted molar refractivity (Wildman–Crippen MR) is 120 cm³/mol. The fraction of sp³-hybridized carbons (Fsp3) is 0.222. The summed E-state index contributed by atoms with van der Waals surface area (Å²) in [7, 11) is 0. The molecule has 0 aliphatic carbocycles. The van der Waals surface area contributed by atoms with Crippen LogP contribution in [0.25, 0.3) is 0 Å². The third kappa shape index (κ3) is 5.03. The van der Waals surface area contributed by atoms with Crippen LogP contribution in [-0.2, 0) is 13.0 Å². The highest BCUT2D eigenvalue weighted by Crippen LogP contribution is 2.30. The summed E-state index contributed by atoms with van der Waals surface area (Å²) in [5, 5.41) is 0. The number of imidazole rings is 1. The first-order chi connectivity index (χ1) is 14.3. The van der Waals surface area contributed by atoms with Crippen LogP contribution in [0.2, 0.25) is 0 Å². The van der Waals surface area contributed by atoms with Gasteiger partial charge in [-0.25, -0.2) is 4.98 Å². The van der Waals surface area contributed by atoms with E-state index in [1.165, 1.54) is 27.9 Å². The van der Waals surface area contributed by atoms with E-state index in [0.717, 1.165) is 25.8 Å². The molecule has 29 heavy (non-hydrogen) atoms. The van der Waals surface area contributed by atoms with E-state index in [0.29, 0.717) is 5.92 Å². The van der Waals surface area contributed by atoms with Crippen LogP contribution in [-0.4, -0.2) is 9.55 Å². The number of hydrogen-bond acceptors (Lipinski definition) is 1. The first kappa shape index (κ1) is 19.2. The van der Waals surface area contributed by atoms with Crippen molar-refractivity contribution in [3.8, 4) is 0 Å². The molecule has 0 aliphatic heterocycles. The molecule has 0 amide bonds. The lowest BCUT2D eigenvalue weighted by molar-refractivity contribution is 0.633. The van der Waals surface area contributed by atoms with Crippen LogP contribution in [0.4, 0.5) is 0 Å². The zero-order valence-electron chi connectivity index (χ0n) is 17.0. The topological polar surface area (TPSA) is 17.8 Å². The molecule has 0 N–H and O–H groups in total. The molecule has 2 heteroatoms. The first-order valence-corrected chi connectivity index (χ1v) is 10.4. The van der Waals surface area contributed by atoms with Gasteiger partial charge in [-0.05, 0) is 42.9 Å². The molecule has 2 nitrogen and oxygen atoms in total. The molecule has 0 fully saturated rings. The van der Waals surface area contributed by atoms with Gasteiger partial charge in [0.2, 0.25) is 0 Å². The molecule has 0 saturated heterocycles. The third-order valence-electron chi connectivity index (χ3n) is 5.57. The van der Waals surface area contributed by atoms with E-state index in [4.69, 9.17) is 0 Å². The van der Waals surface area contributed by atoms with Gasteiger partial charge in [0.25, 0.3) is 0 Å². The van der Waals surface area contributed by atoms with E-state index in [2.05, 4.69) is 101 Å². The van der Waals surface area contributed by atoms with Crippen molar-refractivity contribution >= 4 is 0 Å². The van der Waals surface area contributed by atoms with Gasteiger partial charge in [-0.1, -0.05) is 90.5 Å². The molecule has 0 spiro atoms. The average molecular weight is 381 g/mol. The maximum absolute atomic E-state index is 4.41. The Kier molecular flexibility index (Phi) is 6.21. The molecule has 146 valence electrons. The van der Waals surface area contributed by atoms with Crippen LogP contribution in [0, 0.1) is 6.92 Å². The second-order valence-electron chi connectivity index (χ2n) is 7.77. The average Bonchev–Trinajstić information content (AvgIpc) is 3.19. The summed E-state index contributed by atoms with van der Waals surface area (Å²) in [6.07, 6.45) is 7.28. The van der Waals surface area contributed by atoms with Gasteiger partial charge < -0.3 is 4.57 Å². The number of rotatable bonds is 8. The highest BCUT2D eigenvalue weighted by Gasteiger charge is 2.14. The molecule has 1 atom stereocenters. The Morgan fingerprint density at radius 3 is 2.31 bits per heavy atom. The quantitative estimate of drug-likeness (QED) is 0.346. The second-order valence-corrected chi connectivity index (χ2v) is 7.77. The minimum absolute atomic E-state index is 0.432. The summed E-state index contributed by atoms with van der Waals surface area (Å²) < 4.78 is 2.28. The molecule has 0 bridgehead atoms. The fourth-order valence-corrected chi connectivity index (χ4v) is 4.06. The highest BCUT2D eigenvalue weighted by molar-refractivity contribution is 5.34. The van der Waals surface area contributed by atoms with Crippen LogP contribution in [0.3, 0.4) is 0 Å². The molecule has 0 radical (unpaired) electrons. The lowest BCUT2D eigenvalue weighted by atomic mass is 9.86. The van der Waals surface area contributed by atoms with Gasteiger partial charge in [-0.2, -0.15) is 0 Å². The molecule has 0 saturated carbocycles. The van der Waals surface area contributed by atoms with Crippen molar-refractivity contribution in [1.82, 2.24) is 9.55 Å². The number of benzene rings is 3.